The summed E-state index contributed by atoms with van der Waals surface area (Å²) >= 11 is 5.95. The Morgan fingerprint density at radius 2 is 2.00 bits per heavy atom. The molecule has 0 fully saturated rings. The molecule has 112 valence electrons. The standard InChI is InChI=1S/C18H23ClN2/c1-3-6-14-7-5-8-15(12-14)18(20-11-4-2)17-10-9-16(19)13-21-17/h5,7-10,12-13,18,20H,3-4,6,11H2,1-2H3. The lowest BCUT2D eigenvalue weighted by Gasteiger charge is -2.19. The molecule has 2 nitrogen and oxygen atoms in total. The summed E-state index contributed by atoms with van der Waals surface area (Å²) in [6.07, 6.45) is 5.09. The zero-order valence-corrected chi connectivity index (χ0v) is 13.5. The summed E-state index contributed by atoms with van der Waals surface area (Å²) in [5.41, 5.74) is 3.66. The number of benzene rings is 1. The van der Waals surface area contributed by atoms with E-state index < -0.39 is 0 Å². The van der Waals surface area contributed by atoms with E-state index in [2.05, 4.69) is 48.4 Å². The molecule has 0 radical (unpaired) electrons. The van der Waals surface area contributed by atoms with E-state index in [9.17, 15) is 0 Å². The van der Waals surface area contributed by atoms with Gasteiger partial charge in [-0.15, -0.1) is 0 Å². The largest absolute Gasteiger partial charge is 0.305 e. The van der Waals surface area contributed by atoms with Crippen molar-refractivity contribution in [2.75, 3.05) is 6.54 Å². The van der Waals surface area contributed by atoms with Gasteiger partial charge < -0.3 is 5.32 Å². The zero-order valence-electron chi connectivity index (χ0n) is 12.8. The monoisotopic (exact) mass is 302 g/mol. The molecule has 3 heteroatoms. The Morgan fingerprint density at radius 1 is 1.14 bits per heavy atom. The number of aromatic nitrogens is 1. The van der Waals surface area contributed by atoms with Crippen LogP contribution < -0.4 is 5.32 Å². The van der Waals surface area contributed by atoms with E-state index in [4.69, 9.17) is 11.6 Å². The van der Waals surface area contributed by atoms with Gasteiger partial charge >= 0.3 is 0 Å². The van der Waals surface area contributed by atoms with Gasteiger partial charge in [-0.25, -0.2) is 0 Å². The number of hydrogen-bond donors (Lipinski definition) is 1. The molecule has 0 saturated heterocycles. The van der Waals surface area contributed by atoms with E-state index in [0.717, 1.165) is 31.5 Å². The second kappa shape index (κ2) is 8.16. The van der Waals surface area contributed by atoms with Crippen LogP contribution in [0.2, 0.25) is 5.02 Å². The molecule has 2 aromatic rings. The van der Waals surface area contributed by atoms with E-state index in [1.54, 1.807) is 6.20 Å². The summed E-state index contributed by atoms with van der Waals surface area (Å²) in [4.78, 5) is 4.49. The van der Waals surface area contributed by atoms with E-state index in [-0.39, 0.29) is 6.04 Å². The molecule has 1 N–H and O–H groups in total. The van der Waals surface area contributed by atoms with Crippen LogP contribution in [0.15, 0.2) is 42.6 Å². The van der Waals surface area contributed by atoms with Crippen molar-refractivity contribution in [1.82, 2.24) is 10.3 Å². The molecule has 21 heavy (non-hydrogen) atoms. The van der Waals surface area contributed by atoms with Crippen molar-refractivity contribution < 1.29 is 0 Å². The summed E-state index contributed by atoms with van der Waals surface area (Å²) < 4.78 is 0. The van der Waals surface area contributed by atoms with Crippen LogP contribution >= 0.6 is 11.6 Å². The zero-order chi connectivity index (χ0) is 15.1. The van der Waals surface area contributed by atoms with Gasteiger partial charge in [0.25, 0.3) is 0 Å². The summed E-state index contributed by atoms with van der Waals surface area (Å²) in [6, 6.07) is 12.8. The predicted octanol–water partition coefficient (Wildman–Crippen LogP) is 4.78. The van der Waals surface area contributed by atoms with Gasteiger partial charge in [-0.05, 0) is 42.6 Å². The second-order valence-corrected chi connectivity index (χ2v) is 5.72. The van der Waals surface area contributed by atoms with Crippen molar-refractivity contribution in [2.24, 2.45) is 0 Å². The Labute approximate surface area is 132 Å². The molecule has 1 aromatic carbocycles. The second-order valence-electron chi connectivity index (χ2n) is 5.28. The maximum Gasteiger partial charge on any atom is 0.0751 e. The molecule has 1 atom stereocenters. The Bertz CT molecular complexity index is 551. The van der Waals surface area contributed by atoms with Crippen LogP contribution in [0.1, 0.15) is 49.6 Å². The average Bonchev–Trinajstić information content (AvgIpc) is 2.50. The lowest BCUT2D eigenvalue weighted by Crippen LogP contribution is -2.24. The van der Waals surface area contributed by atoms with Crippen LogP contribution in [0.5, 0.6) is 0 Å². The summed E-state index contributed by atoms with van der Waals surface area (Å²) in [7, 11) is 0. The first kappa shape index (κ1) is 16.0. The third-order valence-electron chi connectivity index (χ3n) is 3.47. The van der Waals surface area contributed by atoms with Crippen LogP contribution in [0.25, 0.3) is 0 Å². The quantitative estimate of drug-likeness (QED) is 0.796. The van der Waals surface area contributed by atoms with Gasteiger partial charge in [-0.2, -0.15) is 0 Å². The minimum atomic E-state index is 0.124. The van der Waals surface area contributed by atoms with Gasteiger partial charge in [0, 0.05) is 6.20 Å². The van der Waals surface area contributed by atoms with Crippen LogP contribution in [-0.4, -0.2) is 11.5 Å². The molecule has 1 heterocycles. The normalized spacial score (nSPS) is 12.3. The van der Waals surface area contributed by atoms with Gasteiger partial charge in [-0.3, -0.25) is 4.98 Å². The average molecular weight is 303 g/mol. The van der Waals surface area contributed by atoms with Gasteiger partial charge in [0.2, 0.25) is 0 Å². The molecular formula is C18H23ClN2. The number of hydrogen-bond acceptors (Lipinski definition) is 2. The minimum Gasteiger partial charge on any atom is -0.305 e. The van der Waals surface area contributed by atoms with E-state index in [1.807, 2.05) is 12.1 Å². The third kappa shape index (κ3) is 4.55. The SMILES string of the molecule is CCCNC(c1cccc(CCC)c1)c1ccc(Cl)cn1. The van der Waals surface area contributed by atoms with Crippen molar-refractivity contribution in [3.8, 4) is 0 Å². The molecule has 0 amide bonds. The van der Waals surface area contributed by atoms with Crippen molar-refractivity contribution >= 4 is 11.6 Å². The first-order chi connectivity index (χ1) is 10.2. The van der Waals surface area contributed by atoms with E-state index in [1.165, 1.54) is 11.1 Å². The lowest BCUT2D eigenvalue weighted by molar-refractivity contribution is 0.586. The molecule has 0 aliphatic rings. The van der Waals surface area contributed by atoms with Crippen molar-refractivity contribution in [2.45, 2.75) is 39.2 Å². The Kier molecular flexibility index (Phi) is 6.21. The fourth-order valence-corrected chi connectivity index (χ4v) is 2.57. The Hall–Kier alpha value is -1.38. The summed E-state index contributed by atoms with van der Waals surface area (Å²) in [5, 5.41) is 4.26. The highest BCUT2D eigenvalue weighted by molar-refractivity contribution is 6.30. The number of pyridine rings is 1. The molecular weight excluding hydrogens is 280 g/mol. The van der Waals surface area contributed by atoms with Gasteiger partial charge in [0.15, 0.2) is 0 Å². The molecule has 0 spiro atoms. The molecule has 0 aliphatic heterocycles. The Morgan fingerprint density at radius 3 is 2.67 bits per heavy atom. The molecule has 0 saturated carbocycles. The highest BCUT2D eigenvalue weighted by Gasteiger charge is 2.15. The van der Waals surface area contributed by atoms with Crippen LogP contribution in [0.4, 0.5) is 0 Å². The number of halogens is 1. The maximum atomic E-state index is 5.95. The molecule has 0 bridgehead atoms. The fraction of sp³-hybridized carbons (Fsp3) is 0.389. The number of nitrogens with zero attached hydrogens (tertiary/aromatic N) is 1. The predicted molar refractivity (Wildman–Crippen MR) is 89.8 cm³/mol. The Balaban J connectivity index is 2.30. The highest BCUT2D eigenvalue weighted by atomic mass is 35.5. The highest BCUT2D eigenvalue weighted by Crippen LogP contribution is 2.23. The van der Waals surface area contributed by atoms with Crippen LogP contribution in [0, 0.1) is 0 Å². The summed E-state index contributed by atoms with van der Waals surface area (Å²) in [5.74, 6) is 0. The molecule has 0 aliphatic carbocycles. The number of rotatable bonds is 7. The first-order valence-corrected chi connectivity index (χ1v) is 8.06. The van der Waals surface area contributed by atoms with Gasteiger partial charge in [0.05, 0.1) is 16.8 Å². The van der Waals surface area contributed by atoms with Crippen LogP contribution in [-0.2, 0) is 6.42 Å². The molecule has 1 aromatic heterocycles. The van der Waals surface area contributed by atoms with E-state index in [0.29, 0.717) is 5.02 Å². The minimum absolute atomic E-state index is 0.124. The number of aryl methyl sites for hydroxylation is 1. The van der Waals surface area contributed by atoms with Crippen LogP contribution in [0.3, 0.4) is 0 Å². The van der Waals surface area contributed by atoms with Gasteiger partial charge in [0.1, 0.15) is 0 Å². The molecule has 1 unspecified atom stereocenters. The maximum absolute atomic E-state index is 5.95. The topological polar surface area (TPSA) is 24.9 Å². The van der Waals surface area contributed by atoms with Gasteiger partial charge in [-0.1, -0.05) is 56.1 Å². The summed E-state index contributed by atoms with van der Waals surface area (Å²) in [6.45, 7) is 5.35. The first-order valence-electron chi connectivity index (χ1n) is 7.68. The smallest absolute Gasteiger partial charge is 0.0751 e. The molecule has 2 rings (SSSR count). The third-order valence-corrected chi connectivity index (χ3v) is 3.69. The fourth-order valence-electron chi connectivity index (χ4n) is 2.46. The lowest BCUT2D eigenvalue weighted by atomic mass is 9.99. The van der Waals surface area contributed by atoms with Crippen molar-refractivity contribution in [1.29, 1.82) is 0 Å². The van der Waals surface area contributed by atoms with Crippen molar-refractivity contribution in [3.63, 3.8) is 0 Å². The van der Waals surface area contributed by atoms with Crippen molar-refractivity contribution in [3.05, 3.63) is 64.4 Å². The number of nitrogens with one attached hydrogen (secondary N) is 1. The van der Waals surface area contributed by atoms with E-state index >= 15 is 0 Å².